The van der Waals surface area contributed by atoms with Crippen molar-refractivity contribution in [2.24, 2.45) is 0 Å². The summed E-state index contributed by atoms with van der Waals surface area (Å²) < 4.78 is 11.1. The number of rotatable bonds is 8. The molecule has 0 bridgehead atoms. The summed E-state index contributed by atoms with van der Waals surface area (Å²) in [5.74, 6) is 1.38. The molecule has 0 unspecified atom stereocenters. The lowest BCUT2D eigenvalue weighted by atomic mass is 9.87. The van der Waals surface area contributed by atoms with Crippen LogP contribution in [0.3, 0.4) is 0 Å². The van der Waals surface area contributed by atoms with Gasteiger partial charge in [0.25, 0.3) is 5.91 Å². The molecular formula is C22H27NO3. The summed E-state index contributed by atoms with van der Waals surface area (Å²) in [4.78, 5) is 12.1. The first-order chi connectivity index (χ1) is 12.4. The topological polar surface area (TPSA) is 47.6 Å². The van der Waals surface area contributed by atoms with E-state index in [9.17, 15) is 4.79 Å². The van der Waals surface area contributed by atoms with Crippen molar-refractivity contribution < 1.29 is 14.3 Å². The maximum Gasteiger partial charge on any atom is 0.251 e. The van der Waals surface area contributed by atoms with Crippen LogP contribution in [0.5, 0.6) is 11.5 Å². The number of nitrogens with one attached hydrogen (secondary N) is 1. The zero-order valence-electron chi connectivity index (χ0n) is 15.7. The molecule has 2 aromatic carbocycles. The van der Waals surface area contributed by atoms with Crippen LogP contribution in [0.4, 0.5) is 0 Å². The van der Waals surface area contributed by atoms with Gasteiger partial charge >= 0.3 is 0 Å². The van der Waals surface area contributed by atoms with Gasteiger partial charge in [-0.3, -0.25) is 4.79 Å². The fourth-order valence-electron chi connectivity index (χ4n) is 2.34. The maximum absolute atomic E-state index is 12.1. The predicted molar refractivity (Wildman–Crippen MR) is 105 cm³/mol. The van der Waals surface area contributed by atoms with Crippen LogP contribution in [0.2, 0.25) is 0 Å². The van der Waals surface area contributed by atoms with Crippen LogP contribution in [0.1, 0.15) is 36.7 Å². The van der Waals surface area contributed by atoms with Gasteiger partial charge in [0.2, 0.25) is 0 Å². The molecular weight excluding hydrogens is 326 g/mol. The maximum atomic E-state index is 12.1. The van der Waals surface area contributed by atoms with Crippen LogP contribution in [0.25, 0.3) is 0 Å². The highest BCUT2D eigenvalue weighted by Gasteiger charge is 2.13. The summed E-state index contributed by atoms with van der Waals surface area (Å²) in [6.45, 7) is 11.4. The second-order valence-electron chi connectivity index (χ2n) is 7.00. The van der Waals surface area contributed by atoms with E-state index in [0.29, 0.717) is 31.1 Å². The predicted octanol–water partition coefficient (Wildman–Crippen LogP) is 4.36. The third-order valence-corrected chi connectivity index (χ3v) is 3.86. The smallest absolute Gasteiger partial charge is 0.251 e. The number of ether oxygens (including phenoxy) is 2. The number of hydrogen-bond donors (Lipinski definition) is 1. The van der Waals surface area contributed by atoms with Crippen LogP contribution < -0.4 is 14.8 Å². The third-order valence-electron chi connectivity index (χ3n) is 3.86. The fourth-order valence-corrected chi connectivity index (χ4v) is 2.34. The highest BCUT2D eigenvalue weighted by molar-refractivity contribution is 5.94. The van der Waals surface area contributed by atoms with Crippen molar-refractivity contribution in [2.75, 3.05) is 19.8 Å². The monoisotopic (exact) mass is 353 g/mol. The molecule has 138 valence electrons. The largest absolute Gasteiger partial charge is 0.492 e. The lowest BCUT2D eigenvalue weighted by Crippen LogP contribution is -2.28. The van der Waals surface area contributed by atoms with E-state index in [1.807, 2.05) is 12.1 Å². The molecule has 0 aliphatic heterocycles. The van der Waals surface area contributed by atoms with E-state index < -0.39 is 0 Å². The summed E-state index contributed by atoms with van der Waals surface area (Å²) in [5.41, 5.74) is 1.97. The summed E-state index contributed by atoms with van der Waals surface area (Å²) in [6.07, 6.45) is 1.68. The zero-order valence-corrected chi connectivity index (χ0v) is 15.7. The first-order valence-electron chi connectivity index (χ1n) is 8.75. The summed E-state index contributed by atoms with van der Waals surface area (Å²) >= 11 is 0. The molecule has 0 radical (unpaired) electrons. The minimum Gasteiger partial charge on any atom is -0.492 e. The lowest BCUT2D eigenvalue weighted by molar-refractivity contribution is 0.0947. The molecule has 0 aliphatic rings. The fraction of sp³-hybridized carbons (Fsp3) is 0.318. The van der Waals surface area contributed by atoms with Crippen molar-refractivity contribution in [3.8, 4) is 11.5 Å². The van der Waals surface area contributed by atoms with Gasteiger partial charge in [0.15, 0.2) is 0 Å². The van der Waals surface area contributed by atoms with Gasteiger partial charge in [-0.15, -0.1) is 0 Å². The number of carbonyl (C=O) groups excluding carboxylic acids is 1. The molecule has 26 heavy (non-hydrogen) atoms. The second kappa shape index (κ2) is 9.09. The number of amides is 1. The Bertz CT molecular complexity index is 713. The molecule has 2 aromatic rings. The van der Waals surface area contributed by atoms with E-state index in [-0.39, 0.29) is 11.3 Å². The van der Waals surface area contributed by atoms with Gasteiger partial charge in [-0.05, 0) is 47.4 Å². The van der Waals surface area contributed by atoms with E-state index in [0.717, 1.165) is 5.75 Å². The first kappa shape index (κ1) is 19.6. The molecule has 4 nitrogen and oxygen atoms in total. The molecule has 1 N–H and O–H groups in total. The standard InChI is InChI=1S/C22H27NO3/c1-5-15-25-19-10-6-17(7-11-19)21(24)23-14-16-26-20-12-8-18(9-13-20)22(2,3)4/h5-13H,1,14-16H2,2-4H3,(H,23,24). The molecule has 0 atom stereocenters. The van der Waals surface area contributed by atoms with Gasteiger partial charge < -0.3 is 14.8 Å². The second-order valence-corrected chi connectivity index (χ2v) is 7.00. The highest BCUT2D eigenvalue weighted by atomic mass is 16.5. The lowest BCUT2D eigenvalue weighted by Gasteiger charge is -2.19. The van der Waals surface area contributed by atoms with Crippen molar-refractivity contribution in [3.63, 3.8) is 0 Å². The summed E-state index contributed by atoms with van der Waals surface area (Å²) in [5, 5.41) is 2.85. The minimum atomic E-state index is -0.132. The van der Waals surface area contributed by atoms with Gasteiger partial charge in [0, 0.05) is 5.56 Å². The van der Waals surface area contributed by atoms with Crippen LogP contribution in [0, 0.1) is 0 Å². The van der Waals surface area contributed by atoms with Crippen molar-refractivity contribution in [1.82, 2.24) is 5.32 Å². The molecule has 1 amide bonds. The zero-order chi connectivity index (χ0) is 19.0. The van der Waals surface area contributed by atoms with Crippen LogP contribution in [-0.4, -0.2) is 25.7 Å². The molecule has 0 spiro atoms. The number of hydrogen-bond acceptors (Lipinski definition) is 3. The first-order valence-corrected chi connectivity index (χ1v) is 8.75. The molecule has 0 aromatic heterocycles. The molecule has 0 saturated heterocycles. The van der Waals surface area contributed by atoms with E-state index >= 15 is 0 Å². The minimum absolute atomic E-state index is 0.124. The van der Waals surface area contributed by atoms with Crippen LogP contribution >= 0.6 is 0 Å². The molecule has 0 aliphatic carbocycles. The van der Waals surface area contributed by atoms with Crippen molar-refractivity contribution in [2.45, 2.75) is 26.2 Å². The Morgan fingerprint density at radius 1 is 1.00 bits per heavy atom. The van der Waals surface area contributed by atoms with E-state index in [1.54, 1.807) is 30.3 Å². The Balaban J connectivity index is 1.75. The average Bonchev–Trinajstić information content (AvgIpc) is 2.63. The van der Waals surface area contributed by atoms with Gasteiger partial charge in [-0.1, -0.05) is 45.6 Å². The van der Waals surface area contributed by atoms with Crippen molar-refractivity contribution in [3.05, 3.63) is 72.3 Å². The van der Waals surface area contributed by atoms with Gasteiger partial charge in [0.05, 0.1) is 6.54 Å². The summed E-state index contributed by atoms with van der Waals surface area (Å²) in [7, 11) is 0. The highest BCUT2D eigenvalue weighted by Crippen LogP contribution is 2.24. The van der Waals surface area contributed by atoms with E-state index in [4.69, 9.17) is 9.47 Å². The van der Waals surface area contributed by atoms with Crippen molar-refractivity contribution >= 4 is 5.91 Å². The van der Waals surface area contributed by atoms with Crippen LogP contribution in [0.15, 0.2) is 61.2 Å². The van der Waals surface area contributed by atoms with E-state index in [2.05, 4.69) is 44.8 Å². The van der Waals surface area contributed by atoms with Crippen molar-refractivity contribution in [1.29, 1.82) is 0 Å². The number of carbonyl (C=O) groups is 1. The number of benzene rings is 2. The molecule has 0 heterocycles. The van der Waals surface area contributed by atoms with Gasteiger partial charge in [-0.25, -0.2) is 0 Å². The SMILES string of the molecule is C=CCOc1ccc(C(=O)NCCOc2ccc(C(C)(C)C)cc2)cc1. The molecule has 2 rings (SSSR count). The van der Waals surface area contributed by atoms with E-state index in [1.165, 1.54) is 5.56 Å². The van der Waals surface area contributed by atoms with Gasteiger partial charge in [-0.2, -0.15) is 0 Å². The Morgan fingerprint density at radius 3 is 2.15 bits per heavy atom. The molecule has 0 saturated carbocycles. The molecule has 0 fully saturated rings. The van der Waals surface area contributed by atoms with Crippen LogP contribution in [-0.2, 0) is 5.41 Å². The Morgan fingerprint density at radius 2 is 1.58 bits per heavy atom. The third kappa shape index (κ3) is 5.96. The Labute approximate surface area is 155 Å². The van der Waals surface area contributed by atoms with Gasteiger partial charge in [0.1, 0.15) is 24.7 Å². The normalized spacial score (nSPS) is 10.9. The molecule has 4 heteroatoms. The summed E-state index contributed by atoms with van der Waals surface area (Å²) in [6, 6.07) is 15.1. The Hall–Kier alpha value is -2.75. The Kier molecular flexibility index (Phi) is 6.84. The quantitative estimate of drug-likeness (QED) is 0.567. The average molecular weight is 353 g/mol.